The highest BCUT2D eigenvalue weighted by Gasteiger charge is 2.21. The van der Waals surface area contributed by atoms with E-state index in [1.807, 2.05) is 6.07 Å². The molecule has 20 heavy (non-hydrogen) atoms. The highest BCUT2D eigenvalue weighted by Crippen LogP contribution is 2.24. The van der Waals surface area contributed by atoms with Crippen molar-refractivity contribution >= 4 is 5.78 Å². The molecular weight excluding hydrogens is 248 g/mol. The second-order valence-corrected chi connectivity index (χ2v) is 6.15. The number of Topliss-reactive ketones (excluding diaryl/α,β-unsaturated/α-hetero) is 1. The highest BCUT2D eigenvalue weighted by atomic mass is 16.1. The molecule has 1 unspecified atom stereocenters. The third-order valence-corrected chi connectivity index (χ3v) is 4.57. The summed E-state index contributed by atoms with van der Waals surface area (Å²) in [6.45, 7) is 7.15. The Labute approximate surface area is 121 Å². The van der Waals surface area contributed by atoms with Crippen LogP contribution in [-0.4, -0.2) is 43.4 Å². The first-order valence-electron chi connectivity index (χ1n) is 7.83. The van der Waals surface area contributed by atoms with Crippen molar-refractivity contribution in [1.29, 1.82) is 0 Å². The Balaban J connectivity index is 1.65. The molecule has 108 valence electrons. The van der Waals surface area contributed by atoms with Crippen LogP contribution in [-0.2, 0) is 12.8 Å². The molecule has 1 heterocycles. The summed E-state index contributed by atoms with van der Waals surface area (Å²) in [5.74, 6) is 0.394. The summed E-state index contributed by atoms with van der Waals surface area (Å²) in [5.41, 5.74) is 3.75. The Morgan fingerprint density at radius 3 is 2.80 bits per heavy atom. The fourth-order valence-electron chi connectivity index (χ4n) is 3.37. The van der Waals surface area contributed by atoms with Gasteiger partial charge in [0.25, 0.3) is 0 Å². The van der Waals surface area contributed by atoms with Crippen molar-refractivity contribution in [3.8, 4) is 0 Å². The number of nitrogens with one attached hydrogen (secondary N) is 1. The summed E-state index contributed by atoms with van der Waals surface area (Å²) in [5, 5.41) is 3.35. The summed E-state index contributed by atoms with van der Waals surface area (Å²) in [4.78, 5) is 15.0. The third-order valence-electron chi connectivity index (χ3n) is 4.57. The lowest BCUT2D eigenvalue weighted by atomic mass is 9.96. The van der Waals surface area contributed by atoms with Crippen molar-refractivity contribution in [1.82, 2.24) is 10.2 Å². The maximum atomic E-state index is 12.6. The standard InChI is InChI=1S/C17H24N2O/c1-13(12-19-9-7-18-8-10-19)17(20)16-6-5-14-3-2-4-15(14)11-16/h5-6,11,13,18H,2-4,7-10,12H2,1H3. The van der Waals surface area contributed by atoms with Gasteiger partial charge < -0.3 is 10.2 Å². The van der Waals surface area contributed by atoms with Crippen LogP contribution in [0.1, 0.15) is 34.8 Å². The number of rotatable bonds is 4. The van der Waals surface area contributed by atoms with Gasteiger partial charge in [0.15, 0.2) is 5.78 Å². The number of ketones is 1. The van der Waals surface area contributed by atoms with Gasteiger partial charge in [-0.25, -0.2) is 0 Å². The fourth-order valence-corrected chi connectivity index (χ4v) is 3.37. The van der Waals surface area contributed by atoms with Gasteiger partial charge >= 0.3 is 0 Å². The van der Waals surface area contributed by atoms with Gasteiger partial charge in [0.05, 0.1) is 0 Å². The van der Waals surface area contributed by atoms with Crippen molar-refractivity contribution < 1.29 is 4.79 Å². The number of carbonyl (C=O) groups excluding carboxylic acids is 1. The highest BCUT2D eigenvalue weighted by molar-refractivity contribution is 5.98. The lowest BCUT2D eigenvalue weighted by Gasteiger charge is -2.29. The summed E-state index contributed by atoms with van der Waals surface area (Å²) in [6.07, 6.45) is 3.56. The molecule has 0 spiro atoms. The maximum absolute atomic E-state index is 12.6. The van der Waals surface area contributed by atoms with E-state index in [1.54, 1.807) is 0 Å². The molecule has 0 amide bonds. The van der Waals surface area contributed by atoms with E-state index in [0.717, 1.165) is 44.7 Å². The van der Waals surface area contributed by atoms with E-state index >= 15 is 0 Å². The number of carbonyl (C=O) groups is 1. The Hall–Kier alpha value is -1.19. The van der Waals surface area contributed by atoms with E-state index < -0.39 is 0 Å². The van der Waals surface area contributed by atoms with E-state index in [-0.39, 0.29) is 5.92 Å². The molecule has 0 aromatic heterocycles. The minimum atomic E-state index is 0.0903. The summed E-state index contributed by atoms with van der Waals surface area (Å²) in [6, 6.07) is 6.33. The molecule has 1 aliphatic carbocycles. The summed E-state index contributed by atoms with van der Waals surface area (Å²) >= 11 is 0. The van der Waals surface area contributed by atoms with E-state index in [9.17, 15) is 4.79 Å². The van der Waals surface area contributed by atoms with Gasteiger partial charge in [0.1, 0.15) is 0 Å². The zero-order chi connectivity index (χ0) is 13.9. The lowest BCUT2D eigenvalue weighted by Crippen LogP contribution is -2.45. The predicted octanol–water partition coefficient (Wildman–Crippen LogP) is 1.90. The number of aryl methyl sites for hydroxylation is 2. The van der Waals surface area contributed by atoms with Crippen molar-refractivity contribution in [2.24, 2.45) is 5.92 Å². The van der Waals surface area contributed by atoms with Crippen LogP contribution < -0.4 is 5.32 Å². The molecule has 1 saturated heterocycles. The first-order chi connectivity index (χ1) is 9.74. The van der Waals surface area contributed by atoms with Gasteiger partial charge in [0, 0.05) is 44.2 Å². The lowest BCUT2D eigenvalue weighted by molar-refractivity contribution is 0.0887. The average molecular weight is 272 g/mol. The Bertz CT molecular complexity index is 492. The van der Waals surface area contributed by atoms with Crippen molar-refractivity contribution in [2.45, 2.75) is 26.2 Å². The van der Waals surface area contributed by atoms with Crippen LogP contribution >= 0.6 is 0 Å². The first-order valence-corrected chi connectivity index (χ1v) is 7.83. The van der Waals surface area contributed by atoms with Crippen LogP contribution in [0, 0.1) is 5.92 Å². The van der Waals surface area contributed by atoms with Crippen LogP contribution in [0.2, 0.25) is 0 Å². The number of nitrogens with zero attached hydrogens (tertiary/aromatic N) is 1. The number of fused-ring (bicyclic) bond motifs is 1. The molecule has 3 heteroatoms. The summed E-state index contributed by atoms with van der Waals surface area (Å²) < 4.78 is 0. The molecule has 1 aliphatic heterocycles. The van der Waals surface area contributed by atoms with Crippen LogP contribution in [0.25, 0.3) is 0 Å². The molecule has 0 radical (unpaired) electrons. The van der Waals surface area contributed by atoms with E-state index in [1.165, 1.54) is 24.0 Å². The van der Waals surface area contributed by atoms with Gasteiger partial charge in [0.2, 0.25) is 0 Å². The van der Waals surface area contributed by atoms with Crippen molar-refractivity contribution in [2.75, 3.05) is 32.7 Å². The molecule has 0 bridgehead atoms. The van der Waals surface area contributed by atoms with Crippen LogP contribution in [0.15, 0.2) is 18.2 Å². The molecule has 3 nitrogen and oxygen atoms in total. The predicted molar refractivity (Wildman–Crippen MR) is 81.3 cm³/mol. The van der Waals surface area contributed by atoms with E-state index in [4.69, 9.17) is 0 Å². The second kappa shape index (κ2) is 6.06. The summed E-state index contributed by atoms with van der Waals surface area (Å²) in [7, 11) is 0. The van der Waals surface area contributed by atoms with E-state index in [2.05, 4.69) is 29.3 Å². The molecule has 3 rings (SSSR count). The zero-order valence-electron chi connectivity index (χ0n) is 12.3. The monoisotopic (exact) mass is 272 g/mol. The average Bonchev–Trinajstić information content (AvgIpc) is 2.94. The minimum Gasteiger partial charge on any atom is -0.314 e. The van der Waals surface area contributed by atoms with Crippen LogP contribution in [0.3, 0.4) is 0 Å². The van der Waals surface area contributed by atoms with Crippen molar-refractivity contribution in [3.63, 3.8) is 0 Å². The molecule has 1 aromatic carbocycles. The minimum absolute atomic E-state index is 0.0903. The second-order valence-electron chi connectivity index (χ2n) is 6.15. The van der Waals surface area contributed by atoms with Gasteiger partial charge in [-0.15, -0.1) is 0 Å². The SMILES string of the molecule is CC(CN1CCNCC1)C(=O)c1ccc2c(c1)CCC2. The van der Waals surface area contributed by atoms with Gasteiger partial charge in [-0.1, -0.05) is 19.1 Å². The Kier molecular flexibility index (Phi) is 4.18. The Morgan fingerprint density at radius 2 is 2.00 bits per heavy atom. The Morgan fingerprint density at radius 1 is 1.25 bits per heavy atom. The number of piperazine rings is 1. The zero-order valence-corrected chi connectivity index (χ0v) is 12.3. The smallest absolute Gasteiger partial charge is 0.166 e. The van der Waals surface area contributed by atoms with Crippen LogP contribution in [0.5, 0.6) is 0 Å². The normalized spacial score (nSPS) is 20.6. The molecule has 2 aliphatic rings. The van der Waals surface area contributed by atoms with Gasteiger partial charge in [-0.05, 0) is 36.5 Å². The fraction of sp³-hybridized carbons (Fsp3) is 0.588. The largest absolute Gasteiger partial charge is 0.314 e. The molecule has 1 atom stereocenters. The third kappa shape index (κ3) is 2.94. The van der Waals surface area contributed by atoms with E-state index in [0.29, 0.717) is 5.78 Å². The van der Waals surface area contributed by atoms with Gasteiger partial charge in [-0.2, -0.15) is 0 Å². The molecular formula is C17H24N2O. The van der Waals surface area contributed by atoms with Gasteiger partial charge in [-0.3, -0.25) is 4.79 Å². The quantitative estimate of drug-likeness (QED) is 0.850. The maximum Gasteiger partial charge on any atom is 0.166 e. The molecule has 0 saturated carbocycles. The molecule has 1 N–H and O–H groups in total. The number of hydrogen-bond acceptors (Lipinski definition) is 3. The molecule has 1 aromatic rings. The number of hydrogen-bond donors (Lipinski definition) is 1. The topological polar surface area (TPSA) is 32.3 Å². The van der Waals surface area contributed by atoms with Crippen LogP contribution in [0.4, 0.5) is 0 Å². The molecule has 1 fully saturated rings. The van der Waals surface area contributed by atoms with Crippen molar-refractivity contribution in [3.05, 3.63) is 34.9 Å². The first kappa shape index (κ1) is 13.8. The number of benzene rings is 1.